The lowest BCUT2D eigenvalue weighted by atomic mass is 10.2. The van der Waals surface area contributed by atoms with Crippen LogP contribution >= 0.6 is 0 Å². The second-order valence-corrected chi connectivity index (χ2v) is 5.66. The van der Waals surface area contributed by atoms with Crippen LogP contribution in [0.4, 0.5) is 4.79 Å². The SMILES string of the molecule is COc1ccc(CNC(=O)NCCOc2ccc3ncccc3c2)cc1. The van der Waals surface area contributed by atoms with Crippen molar-refractivity contribution in [2.75, 3.05) is 20.3 Å². The van der Waals surface area contributed by atoms with Gasteiger partial charge in [-0.2, -0.15) is 0 Å². The van der Waals surface area contributed by atoms with Crippen molar-refractivity contribution in [3.63, 3.8) is 0 Å². The standard InChI is InChI=1S/C20H21N3O3/c1-25-17-6-4-15(5-7-17)14-23-20(24)22-11-12-26-18-8-9-19-16(13-18)3-2-10-21-19/h2-10,13H,11-12,14H2,1H3,(H2,22,23,24). The third-order valence-electron chi connectivity index (χ3n) is 3.84. The number of hydrogen-bond acceptors (Lipinski definition) is 4. The number of rotatable bonds is 7. The Morgan fingerprint density at radius 1 is 1.04 bits per heavy atom. The number of nitrogens with one attached hydrogen (secondary N) is 2. The van der Waals surface area contributed by atoms with Crippen LogP contribution in [0.25, 0.3) is 10.9 Å². The zero-order valence-corrected chi connectivity index (χ0v) is 14.6. The van der Waals surface area contributed by atoms with Crippen LogP contribution in [0.2, 0.25) is 0 Å². The number of pyridine rings is 1. The van der Waals surface area contributed by atoms with Gasteiger partial charge >= 0.3 is 6.03 Å². The molecule has 0 spiro atoms. The Kier molecular flexibility index (Phi) is 5.88. The number of methoxy groups -OCH3 is 1. The lowest BCUT2D eigenvalue weighted by molar-refractivity contribution is 0.236. The highest BCUT2D eigenvalue weighted by Gasteiger charge is 2.02. The Balaban J connectivity index is 1.37. The van der Waals surface area contributed by atoms with Crippen molar-refractivity contribution in [2.45, 2.75) is 6.54 Å². The maximum absolute atomic E-state index is 11.8. The molecule has 0 radical (unpaired) electrons. The van der Waals surface area contributed by atoms with Gasteiger partial charge in [0.25, 0.3) is 0 Å². The summed E-state index contributed by atoms with van der Waals surface area (Å²) in [5.74, 6) is 1.55. The van der Waals surface area contributed by atoms with E-state index in [4.69, 9.17) is 9.47 Å². The Morgan fingerprint density at radius 2 is 1.85 bits per heavy atom. The number of amides is 2. The van der Waals surface area contributed by atoms with E-state index < -0.39 is 0 Å². The first-order valence-corrected chi connectivity index (χ1v) is 8.37. The van der Waals surface area contributed by atoms with E-state index in [0.717, 1.165) is 28.0 Å². The Morgan fingerprint density at radius 3 is 2.65 bits per heavy atom. The average Bonchev–Trinajstić information content (AvgIpc) is 2.70. The summed E-state index contributed by atoms with van der Waals surface area (Å²) in [5.41, 5.74) is 1.93. The van der Waals surface area contributed by atoms with Gasteiger partial charge in [-0.05, 0) is 42.0 Å². The molecule has 2 N–H and O–H groups in total. The molecule has 0 unspecified atom stereocenters. The fourth-order valence-corrected chi connectivity index (χ4v) is 2.47. The molecule has 0 aliphatic heterocycles. The fourth-order valence-electron chi connectivity index (χ4n) is 2.47. The van der Waals surface area contributed by atoms with E-state index in [1.807, 2.05) is 54.6 Å². The largest absolute Gasteiger partial charge is 0.497 e. The minimum atomic E-state index is -0.230. The van der Waals surface area contributed by atoms with E-state index in [-0.39, 0.29) is 6.03 Å². The van der Waals surface area contributed by atoms with Crippen LogP contribution in [-0.2, 0) is 6.54 Å². The van der Waals surface area contributed by atoms with Crippen LogP contribution in [0, 0.1) is 0 Å². The fraction of sp³-hybridized carbons (Fsp3) is 0.200. The first-order chi connectivity index (χ1) is 12.7. The Bertz CT molecular complexity index is 866. The maximum atomic E-state index is 11.8. The van der Waals surface area contributed by atoms with E-state index in [2.05, 4.69) is 15.6 Å². The van der Waals surface area contributed by atoms with Gasteiger partial charge in [0.15, 0.2) is 0 Å². The second-order valence-electron chi connectivity index (χ2n) is 5.66. The molecule has 1 aromatic heterocycles. The summed E-state index contributed by atoms with van der Waals surface area (Å²) in [4.78, 5) is 16.1. The first kappa shape index (κ1) is 17.5. The van der Waals surface area contributed by atoms with Gasteiger partial charge in [0.2, 0.25) is 0 Å². The summed E-state index contributed by atoms with van der Waals surface area (Å²) in [5, 5.41) is 6.60. The van der Waals surface area contributed by atoms with Crippen molar-refractivity contribution in [2.24, 2.45) is 0 Å². The highest BCUT2D eigenvalue weighted by atomic mass is 16.5. The molecular weight excluding hydrogens is 330 g/mol. The topological polar surface area (TPSA) is 72.5 Å². The Labute approximate surface area is 152 Å². The van der Waals surface area contributed by atoms with Gasteiger partial charge in [0.05, 0.1) is 19.2 Å². The zero-order chi connectivity index (χ0) is 18.2. The summed E-state index contributed by atoms with van der Waals surface area (Å²) < 4.78 is 10.8. The monoisotopic (exact) mass is 351 g/mol. The van der Waals surface area contributed by atoms with Gasteiger partial charge in [-0.3, -0.25) is 4.98 Å². The van der Waals surface area contributed by atoms with Crippen molar-refractivity contribution >= 4 is 16.9 Å². The first-order valence-electron chi connectivity index (χ1n) is 8.37. The summed E-state index contributed by atoms with van der Waals surface area (Å²) >= 11 is 0. The number of hydrogen-bond donors (Lipinski definition) is 2. The van der Waals surface area contributed by atoms with Crippen molar-refractivity contribution in [1.82, 2.24) is 15.6 Å². The highest BCUT2D eigenvalue weighted by molar-refractivity contribution is 5.79. The Hall–Kier alpha value is -3.28. The lowest BCUT2D eigenvalue weighted by Crippen LogP contribution is -2.37. The van der Waals surface area contributed by atoms with E-state index in [1.165, 1.54) is 0 Å². The van der Waals surface area contributed by atoms with Gasteiger partial charge in [-0.1, -0.05) is 18.2 Å². The quantitative estimate of drug-likeness (QED) is 0.642. The van der Waals surface area contributed by atoms with Gasteiger partial charge in [-0.25, -0.2) is 4.79 Å². The normalized spacial score (nSPS) is 10.3. The lowest BCUT2D eigenvalue weighted by Gasteiger charge is -2.10. The van der Waals surface area contributed by atoms with Gasteiger partial charge in [-0.15, -0.1) is 0 Å². The van der Waals surface area contributed by atoms with Crippen LogP contribution in [0.5, 0.6) is 11.5 Å². The second kappa shape index (κ2) is 8.71. The smallest absolute Gasteiger partial charge is 0.315 e. The predicted molar refractivity (Wildman–Crippen MR) is 100 cm³/mol. The number of ether oxygens (including phenoxy) is 2. The number of urea groups is 1. The summed E-state index contributed by atoms with van der Waals surface area (Å²) in [6, 6.07) is 16.9. The van der Waals surface area contributed by atoms with Crippen LogP contribution in [0.1, 0.15) is 5.56 Å². The summed E-state index contributed by atoms with van der Waals surface area (Å²) in [6.07, 6.45) is 1.76. The molecule has 0 saturated carbocycles. The van der Waals surface area contributed by atoms with Gasteiger partial charge < -0.3 is 20.1 Å². The molecule has 0 fully saturated rings. The minimum absolute atomic E-state index is 0.230. The molecule has 26 heavy (non-hydrogen) atoms. The molecule has 2 amide bonds. The zero-order valence-electron chi connectivity index (χ0n) is 14.6. The molecule has 0 bridgehead atoms. The number of nitrogens with zero attached hydrogens (tertiary/aromatic N) is 1. The molecular formula is C20H21N3O3. The molecule has 1 heterocycles. The highest BCUT2D eigenvalue weighted by Crippen LogP contribution is 2.18. The van der Waals surface area contributed by atoms with Crippen molar-refractivity contribution < 1.29 is 14.3 Å². The third-order valence-corrected chi connectivity index (χ3v) is 3.84. The van der Waals surface area contributed by atoms with E-state index >= 15 is 0 Å². The van der Waals surface area contributed by atoms with Crippen LogP contribution in [0.3, 0.4) is 0 Å². The molecule has 0 saturated heterocycles. The molecule has 3 aromatic rings. The summed E-state index contributed by atoms with van der Waals surface area (Å²) in [6.45, 7) is 1.26. The molecule has 6 nitrogen and oxygen atoms in total. The number of fused-ring (bicyclic) bond motifs is 1. The van der Waals surface area contributed by atoms with Crippen molar-refractivity contribution in [3.05, 3.63) is 66.4 Å². The van der Waals surface area contributed by atoms with Crippen molar-refractivity contribution in [3.8, 4) is 11.5 Å². The molecule has 0 aliphatic rings. The van der Waals surface area contributed by atoms with E-state index in [9.17, 15) is 4.79 Å². The summed E-state index contributed by atoms with van der Waals surface area (Å²) in [7, 11) is 1.62. The average molecular weight is 351 g/mol. The number of carbonyl (C=O) groups is 1. The molecule has 0 aliphatic carbocycles. The molecule has 2 aromatic carbocycles. The third kappa shape index (κ3) is 4.86. The maximum Gasteiger partial charge on any atom is 0.315 e. The number of aromatic nitrogens is 1. The van der Waals surface area contributed by atoms with Gasteiger partial charge in [0.1, 0.15) is 18.1 Å². The number of benzene rings is 2. The van der Waals surface area contributed by atoms with E-state index in [1.54, 1.807) is 13.3 Å². The van der Waals surface area contributed by atoms with Crippen LogP contribution in [-0.4, -0.2) is 31.3 Å². The van der Waals surface area contributed by atoms with Crippen molar-refractivity contribution in [1.29, 1.82) is 0 Å². The predicted octanol–water partition coefficient (Wildman–Crippen LogP) is 3.12. The van der Waals surface area contributed by atoms with Gasteiger partial charge in [0, 0.05) is 18.1 Å². The minimum Gasteiger partial charge on any atom is -0.497 e. The molecule has 6 heteroatoms. The molecule has 0 atom stereocenters. The van der Waals surface area contributed by atoms with Crippen LogP contribution in [0.15, 0.2) is 60.8 Å². The molecule has 3 rings (SSSR count). The number of carbonyl (C=O) groups excluding carboxylic acids is 1. The molecule has 134 valence electrons. The van der Waals surface area contributed by atoms with E-state index in [0.29, 0.717) is 19.7 Å². The van der Waals surface area contributed by atoms with Crippen LogP contribution < -0.4 is 20.1 Å².